The van der Waals surface area contributed by atoms with E-state index in [0.29, 0.717) is 6.54 Å². The fourth-order valence-electron chi connectivity index (χ4n) is 2.72. The molecule has 4 rings (SSSR count). The molecule has 0 saturated heterocycles. The molecule has 1 aromatic carbocycles. The molecule has 3 aromatic rings. The highest BCUT2D eigenvalue weighted by Gasteiger charge is 2.23. The van der Waals surface area contributed by atoms with E-state index in [0.717, 1.165) is 41.9 Å². The number of benzene rings is 1. The Kier molecular flexibility index (Phi) is 3.07. The Bertz CT molecular complexity index is 795. The molecule has 0 spiro atoms. The predicted octanol–water partition coefficient (Wildman–Crippen LogP) is 2.06. The van der Waals surface area contributed by atoms with Crippen molar-refractivity contribution in [2.45, 2.75) is 20.0 Å². The third kappa shape index (κ3) is 2.22. The van der Waals surface area contributed by atoms with Gasteiger partial charge in [0.1, 0.15) is 0 Å². The summed E-state index contributed by atoms with van der Waals surface area (Å²) in [6.45, 7) is 4.35. The van der Waals surface area contributed by atoms with E-state index in [2.05, 4.69) is 41.8 Å². The van der Waals surface area contributed by atoms with E-state index >= 15 is 0 Å². The predicted molar refractivity (Wildman–Crippen MR) is 83.3 cm³/mol. The van der Waals surface area contributed by atoms with Crippen molar-refractivity contribution >= 4 is 5.95 Å². The maximum absolute atomic E-state index is 4.49. The lowest BCUT2D eigenvalue weighted by Crippen LogP contribution is -2.35. The van der Waals surface area contributed by atoms with Crippen LogP contribution in [0.1, 0.15) is 11.5 Å². The summed E-state index contributed by atoms with van der Waals surface area (Å²) < 4.78 is 2.18. The van der Waals surface area contributed by atoms with Crippen molar-refractivity contribution in [1.29, 1.82) is 0 Å². The number of rotatable bonds is 2. The van der Waals surface area contributed by atoms with Gasteiger partial charge in [0, 0.05) is 30.5 Å². The second-order valence-electron chi connectivity index (χ2n) is 5.38. The Hall–Kier alpha value is -2.76. The van der Waals surface area contributed by atoms with Crippen molar-refractivity contribution < 1.29 is 0 Å². The number of aromatic nitrogens is 5. The Morgan fingerprint density at radius 1 is 1.00 bits per heavy atom. The Morgan fingerprint density at radius 3 is 2.68 bits per heavy atom. The SMILES string of the molecule is Cc1ccnc(N2CCn3c(nnc3-c3ccccc3)C2)n1. The van der Waals surface area contributed by atoms with Crippen LogP contribution in [0.4, 0.5) is 5.95 Å². The van der Waals surface area contributed by atoms with Crippen molar-refractivity contribution in [3.05, 3.63) is 54.1 Å². The molecule has 22 heavy (non-hydrogen) atoms. The zero-order chi connectivity index (χ0) is 14.9. The molecule has 0 saturated carbocycles. The van der Waals surface area contributed by atoms with Crippen LogP contribution in [0.25, 0.3) is 11.4 Å². The highest BCUT2D eigenvalue weighted by molar-refractivity contribution is 5.55. The van der Waals surface area contributed by atoms with Crippen molar-refractivity contribution in [3.8, 4) is 11.4 Å². The fourth-order valence-corrected chi connectivity index (χ4v) is 2.72. The standard InChI is InChI=1S/C16H16N6/c1-12-7-8-17-16(18-12)21-9-10-22-14(11-21)19-20-15(22)13-5-3-2-4-6-13/h2-8H,9-11H2,1H3. The molecule has 110 valence electrons. The first-order valence-electron chi connectivity index (χ1n) is 7.33. The highest BCUT2D eigenvalue weighted by Crippen LogP contribution is 2.23. The van der Waals surface area contributed by atoms with Crippen LogP contribution in [-0.4, -0.2) is 31.3 Å². The zero-order valence-corrected chi connectivity index (χ0v) is 12.3. The zero-order valence-electron chi connectivity index (χ0n) is 12.3. The average molecular weight is 292 g/mol. The molecule has 0 unspecified atom stereocenters. The number of nitrogens with zero attached hydrogens (tertiary/aromatic N) is 6. The molecule has 6 nitrogen and oxygen atoms in total. The van der Waals surface area contributed by atoms with Gasteiger partial charge in [-0.05, 0) is 13.0 Å². The molecule has 0 N–H and O–H groups in total. The van der Waals surface area contributed by atoms with Crippen LogP contribution in [0.15, 0.2) is 42.6 Å². The van der Waals surface area contributed by atoms with Gasteiger partial charge in [-0.25, -0.2) is 9.97 Å². The van der Waals surface area contributed by atoms with Gasteiger partial charge < -0.3 is 9.47 Å². The number of fused-ring (bicyclic) bond motifs is 1. The number of hydrogen-bond donors (Lipinski definition) is 0. The minimum absolute atomic E-state index is 0.684. The molecular formula is C16H16N6. The number of anilines is 1. The molecule has 0 aliphatic carbocycles. The van der Waals surface area contributed by atoms with Gasteiger partial charge in [0.2, 0.25) is 5.95 Å². The molecule has 2 aromatic heterocycles. The normalized spacial score (nSPS) is 14.0. The van der Waals surface area contributed by atoms with Crippen LogP contribution in [0.5, 0.6) is 0 Å². The second kappa shape index (κ2) is 5.22. The maximum Gasteiger partial charge on any atom is 0.225 e. The van der Waals surface area contributed by atoms with E-state index in [9.17, 15) is 0 Å². The van der Waals surface area contributed by atoms with E-state index in [4.69, 9.17) is 0 Å². The first-order valence-corrected chi connectivity index (χ1v) is 7.33. The number of hydrogen-bond acceptors (Lipinski definition) is 5. The Labute approximate surface area is 128 Å². The molecular weight excluding hydrogens is 276 g/mol. The minimum atomic E-state index is 0.684. The topological polar surface area (TPSA) is 59.7 Å². The van der Waals surface area contributed by atoms with Crippen LogP contribution in [-0.2, 0) is 13.1 Å². The third-order valence-corrected chi connectivity index (χ3v) is 3.85. The lowest BCUT2D eigenvalue weighted by molar-refractivity contribution is 0.554. The van der Waals surface area contributed by atoms with Gasteiger partial charge in [-0.3, -0.25) is 0 Å². The van der Waals surface area contributed by atoms with Gasteiger partial charge in [-0.15, -0.1) is 10.2 Å². The summed E-state index contributed by atoms with van der Waals surface area (Å²) in [6.07, 6.45) is 1.80. The summed E-state index contributed by atoms with van der Waals surface area (Å²) in [4.78, 5) is 11.0. The molecule has 1 aliphatic rings. The van der Waals surface area contributed by atoms with E-state index in [1.807, 2.05) is 31.2 Å². The van der Waals surface area contributed by atoms with Crippen LogP contribution in [0, 0.1) is 6.92 Å². The van der Waals surface area contributed by atoms with Gasteiger partial charge in [0.25, 0.3) is 0 Å². The lowest BCUT2D eigenvalue weighted by atomic mass is 10.2. The van der Waals surface area contributed by atoms with E-state index < -0.39 is 0 Å². The van der Waals surface area contributed by atoms with Crippen LogP contribution in [0.2, 0.25) is 0 Å². The molecule has 0 bridgehead atoms. The van der Waals surface area contributed by atoms with E-state index in [1.54, 1.807) is 6.20 Å². The minimum Gasteiger partial charge on any atom is -0.331 e. The fraction of sp³-hybridized carbons (Fsp3) is 0.250. The molecule has 0 atom stereocenters. The Balaban J connectivity index is 1.64. The molecule has 0 radical (unpaired) electrons. The molecule has 0 amide bonds. The van der Waals surface area contributed by atoms with Gasteiger partial charge in [0.05, 0.1) is 6.54 Å². The van der Waals surface area contributed by atoms with E-state index in [-0.39, 0.29) is 0 Å². The van der Waals surface area contributed by atoms with Crippen LogP contribution >= 0.6 is 0 Å². The highest BCUT2D eigenvalue weighted by atomic mass is 15.4. The van der Waals surface area contributed by atoms with Crippen LogP contribution < -0.4 is 4.90 Å². The van der Waals surface area contributed by atoms with Gasteiger partial charge >= 0.3 is 0 Å². The van der Waals surface area contributed by atoms with Gasteiger partial charge in [0.15, 0.2) is 11.6 Å². The van der Waals surface area contributed by atoms with Crippen molar-refractivity contribution in [1.82, 2.24) is 24.7 Å². The van der Waals surface area contributed by atoms with Gasteiger partial charge in [-0.1, -0.05) is 30.3 Å². The average Bonchev–Trinajstić information content (AvgIpc) is 2.99. The van der Waals surface area contributed by atoms with Crippen molar-refractivity contribution in [3.63, 3.8) is 0 Å². The maximum atomic E-state index is 4.49. The summed E-state index contributed by atoms with van der Waals surface area (Å²) in [5.41, 5.74) is 2.07. The summed E-state index contributed by atoms with van der Waals surface area (Å²) in [7, 11) is 0. The van der Waals surface area contributed by atoms with Crippen molar-refractivity contribution in [2.24, 2.45) is 0 Å². The Morgan fingerprint density at radius 2 is 1.86 bits per heavy atom. The molecule has 1 aliphatic heterocycles. The summed E-state index contributed by atoms with van der Waals surface area (Å²) in [6, 6.07) is 12.1. The number of aryl methyl sites for hydroxylation is 1. The first-order chi connectivity index (χ1) is 10.8. The van der Waals surface area contributed by atoms with Crippen molar-refractivity contribution in [2.75, 3.05) is 11.4 Å². The second-order valence-corrected chi connectivity index (χ2v) is 5.38. The van der Waals surface area contributed by atoms with Crippen LogP contribution in [0.3, 0.4) is 0 Å². The largest absolute Gasteiger partial charge is 0.331 e. The molecule has 3 heterocycles. The smallest absolute Gasteiger partial charge is 0.225 e. The summed E-state index contributed by atoms with van der Waals surface area (Å²) in [5.74, 6) is 2.64. The summed E-state index contributed by atoms with van der Waals surface area (Å²) >= 11 is 0. The van der Waals surface area contributed by atoms with E-state index in [1.165, 1.54) is 0 Å². The van der Waals surface area contributed by atoms with Gasteiger partial charge in [-0.2, -0.15) is 0 Å². The molecule has 6 heteroatoms. The third-order valence-electron chi connectivity index (χ3n) is 3.85. The quantitative estimate of drug-likeness (QED) is 0.723. The molecule has 0 fully saturated rings. The lowest BCUT2D eigenvalue weighted by Gasteiger charge is -2.27. The first kappa shape index (κ1) is 12.9. The monoisotopic (exact) mass is 292 g/mol. The summed E-state index contributed by atoms with van der Waals surface area (Å²) in [5, 5.41) is 8.71.